The molecule has 5 atom stereocenters. The Morgan fingerprint density at radius 2 is 0.495 bits per heavy atom. The van der Waals surface area contributed by atoms with Crippen molar-refractivity contribution in [2.24, 2.45) is 17.8 Å². The van der Waals surface area contributed by atoms with Gasteiger partial charge in [0.1, 0.15) is 19.3 Å². The van der Waals surface area contributed by atoms with E-state index in [4.69, 9.17) is 37.0 Å². The molecule has 0 rings (SSSR count). The SMILES string of the molecule is CCCCCCCCCCCC(=O)OC[C@H](COP(=O)(O)OC[C@H](O)COP(=O)(O)OC[C@@H](COC(=O)CCCCCCCCCCCCC(C)C)OC(=O)CCCCCCCCCCCCCCCCCC(C)C)OC(=O)CCCCCCCCCCCCC(C)C. The highest BCUT2D eigenvalue weighted by atomic mass is 31.2. The molecule has 0 amide bonds. The molecule has 0 saturated carbocycles. The highest BCUT2D eigenvalue weighted by Crippen LogP contribution is 2.45. The summed E-state index contributed by atoms with van der Waals surface area (Å²) in [4.78, 5) is 72.7. The fraction of sp³-hybridized carbons (Fsp3) is 0.946. The third kappa shape index (κ3) is 68.4. The van der Waals surface area contributed by atoms with Crippen molar-refractivity contribution in [2.45, 2.75) is 394 Å². The van der Waals surface area contributed by atoms with Crippen molar-refractivity contribution in [3.63, 3.8) is 0 Å². The third-order valence-corrected chi connectivity index (χ3v) is 19.0. The summed E-state index contributed by atoms with van der Waals surface area (Å²) in [5, 5.41) is 10.6. The topological polar surface area (TPSA) is 237 Å². The molecular weight excluding hydrogens is 1220 g/mol. The summed E-state index contributed by atoms with van der Waals surface area (Å²) in [6.45, 7) is 11.9. The zero-order valence-electron chi connectivity index (χ0n) is 60.7. The van der Waals surface area contributed by atoms with E-state index in [0.717, 1.165) is 108 Å². The van der Waals surface area contributed by atoms with Crippen molar-refractivity contribution in [3.8, 4) is 0 Å². The molecule has 0 aromatic heterocycles. The van der Waals surface area contributed by atoms with E-state index in [0.29, 0.717) is 25.7 Å². The van der Waals surface area contributed by atoms with E-state index in [1.54, 1.807) is 0 Å². The first-order valence-electron chi connectivity index (χ1n) is 38.3. The normalized spacial score (nSPS) is 14.1. The number of carbonyl (C=O) groups is 4. The molecule has 0 fully saturated rings. The van der Waals surface area contributed by atoms with E-state index in [1.807, 2.05) is 0 Å². The van der Waals surface area contributed by atoms with Crippen LogP contribution in [-0.4, -0.2) is 96.7 Å². The highest BCUT2D eigenvalue weighted by Gasteiger charge is 2.30. The fourth-order valence-electron chi connectivity index (χ4n) is 11.2. The van der Waals surface area contributed by atoms with Gasteiger partial charge in [0.15, 0.2) is 12.2 Å². The third-order valence-electron chi connectivity index (χ3n) is 17.1. The summed E-state index contributed by atoms with van der Waals surface area (Å²) in [6, 6.07) is 0. The summed E-state index contributed by atoms with van der Waals surface area (Å²) in [7, 11) is -9.91. The molecule has 0 spiro atoms. The molecular formula is C74H144O17P2. The lowest BCUT2D eigenvalue weighted by molar-refractivity contribution is -0.161. The predicted molar refractivity (Wildman–Crippen MR) is 377 cm³/mol. The molecule has 2 unspecified atom stereocenters. The van der Waals surface area contributed by atoms with Gasteiger partial charge in [-0.3, -0.25) is 37.3 Å². The van der Waals surface area contributed by atoms with Crippen LogP contribution in [0.3, 0.4) is 0 Å². The number of unbranched alkanes of at least 4 members (excludes halogenated alkanes) is 40. The van der Waals surface area contributed by atoms with Crippen LogP contribution >= 0.6 is 15.6 Å². The van der Waals surface area contributed by atoms with Gasteiger partial charge in [0, 0.05) is 25.7 Å². The van der Waals surface area contributed by atoms with Gasteiger partial charge in [-0.2, -0.15) is 0 Å². The monoisotopic (exact) mass is 1370 g/mol. The van der Waals surface area contributed by atoms with Crippen LogP contribution in [0.25, 0.3) is 0 Å². The van der Waals surface area contributed by atoms with Crippen LogP contribution in [-0.2, 0) is 65.4 Å². The molecule has 0 bridgehead atoms. The summed E-state index contributed by atoms with van der Waals surface area (Å²) in [5.74, 6) is 0.192. The number of carbonyl (C=O) groups excluding carboxylic acids is 4. The smallest absolute Gasteiger partial charge is 0.462 e. The van der Waals surface area contributed by atoms with Crippen molar-refractivity contribution < 1.29 is 80.2 Å². The molecule has 0 aromatic rings. The van der Waals surface area contributed by atoms with Crippen LogP contribution in [0.15, 0.2) is 0 Å². The second-order valence-electron chi connectivity index (χ2n) is 28.1. The van der Waals surface area contributed by atoms with Gasteiger partial charge in [-0.05, 0) is 43.4 Å². The lowest BCUT2D eigenvalue weighted by Crippen LogP contribution is -2.30. The maximum atomic E-state index is 13.1. The van der Waals surface area contributed by atoms with Gasteiger partial charge in [-0.25, -0.2) is 9.13 Å². The number of phosphoric ester groups is 2. The maximum Gasteiger partial charge on any atom is 0.472 e. The van der Waals surface area contributed by atoms with Crippen molar-refractivity contribution >= 4 is 39.5 Å². The molecule has 0 heterocycles. The Balaban J connectivity index is 5.23. The number of rotatable bonds is 72. The van der Waals surface area contributed by atoms with E-state index in [9.17, 15) is 43.2 Å². The Hall–Kier alpha value is -1.94. The molecule has 17 nitrogen and oxygen atoms in total. The molecule has 19 heteroatoms. The minimum Gasteiger partial charge on any atom is -0.462 e. The van der Waals surface area contributed by atoms with E-state index >= 15 is 0 Å². The van der Waals surface area contributed by atoms with Crippen LogP contribution in [0.1, 0.15) is 376 Å². The quantitative estimate of drug-likeness (QED) is 0.0222. The molecule has 552 valence electrons. The number of hydrogen-bond donors (Lipinski definition) is 3. The molecule has 0 radical (unpaired) electrons. The first-order chi connectivity index (χ1) is 44.7. The van der Waals surface area contributed by atoms with Crippen LogP contribution in [0.4, 0.5) is 0 Å². The Morgan fingerprint density at radius 3 is 0.731 bits per heavy atom. The van der Waals surface area contributed by atoms with Crippen LogP contribution < -0.4 is 0 Å². The number of esters is 4. The lowest BCUT2D eigenvalue weighted by Gasteiger charge is -2.21. The van der Waals surface area contributed by atoms with Gasteiger partial charge in [0.05, 0.1) is 26.4 Å². The number of hydrogen-bond acceptors (Lipinski definition) is 15. The standard InChI is InChI=1S/C74H144O17P2/c1-8-9-10-11-12-24-34-41-48-55-71(76)84-61-69(91-74(79)58-51-44-37-30-23-21-27-33-40-47-54-67(6)7)63-88-92(80,81)86-59-68(75)60-87-93(82,83)89-64-70(62-85-72(77)56-49-42-35-28-22-20-26-32-39-46-53-66(4)5)90-73(78)57-50-43-36-29-19-17-15-13-14-16-18-25-31-38-45-52-65(2)3/h65-70,75H,8-64H2,1-7H3,(H,80,81)(H,82,83)/t68-,69+,70+/m0/s1. The zero-order valence-corrected chi connectivity index (χ0v) is 62.5. The Morgan fingerprint density at radius 1 is 0.290 bits per heavy atom. The lowest BCUT2D eigenvalue weighted by atomic mass is 10.0. The van der Waals surface area contributed by atoms with Gasteiger partial charge in [0.25, 0.3) is 0 Å². The first-order valence-corrected chi connectivity index (χ1v) is 41.3. The average Bonchev–Trinajstić information content (AvgIpc) is 1.72. The molecule has 0 aromatic carbocycles. The van der Waals surface area contributed by atoms with Crippen molar-refractivity contribution in [3.05, 3.63) is 0 Å². The predicted octanol–water partition coefficient (Wildman–Crippen LogP) is 21.4. The first kappa shape index (κ1) is 91.1. The van der Waals surface area contributed by atoms with E-state index < -0.39 is 97.5 Å². The van der Waals surface area contributed by atoms with Gasteiger partial charge in [-0.1, -0.05) is 325 Å². The molecule has 3 N–H and O–H groups in total. The summed E-state index contributed by atoms with van der Waals surface area (Å²) < 4.78 is 68.4. The molecule has 0 aliphatic rings. The van der Waals surface area contributed by atoms with Crippen LogP contribution in [0.5, 0.6) is 0 Å². The number of aliphatic hydroxyl groups is 1. The fourth-order valence-corrected chi connectivity index (χ4v) is 12.8. The number of ether oxygens (including phenoxy) is 4. The number of aliphatic hydroxyl groups excluding tert-OH is 1. The Labute approximate surface area is 568 Å². The number of phosphoric acid groups is 2. The van der Waals surface area contributed by atoms with Gasteiger partial charge >= 0.3 is 39.5 Å². The molecule has 0 saturated heterocycles. The van der Waals surface area contributed by atoms with Gasteiger partial charge < -0.3 is 33.8 Å². The largest absolute Gasteiger partial charge is 0.472 e. The minimum absolute atomic E-state index is 0.106. The van der Waals surface area contributed by atoms with E-state index in [2.05, 4.69) is 48.5 Å². The minimum atomic E-state index is -4.96. The second-order valence-corrected chi connectivity index (χ2v) is 31.0. The molecule has 0 aliphatic carbocycles. The molecule has 93 heavy (non-hydrogen) atoms. The summed E-state index contributed by atoms with van der Waals surface area (Å²) in [6.07, 6.45) is 49.9. The van der Waals surface area contributed by atoms with E-state index in [-0.39, 0.29) is 25.7 Å². The maximum absolute atomic E-state index is 13.1. The van der Waals surface area contributed by atoms with E-state index in [1.165, 1.54) is 186 Å². The summed E-state index contributed by atoms with van der Waals surface area (Å²) in [5.41, 5.74) is 0. The van der Waals surface area contributed by atoms with Crippen molar-refractivity contribution in [1.82, 2.24) is 0 Å². The van der Waals surface area contributed by atoms with Crippen molar-refractivity contribution in [2.75, 3.05) is 39.6 Å². The molecule has 0 aliphatic heterocycles. The Bertz CT molecular complexity index is 1820. The van der Waals surface area contributed by atoms with Crippen LogP contribution in [0.2, 0.25) is 0 Å². The average molecular weight is 1370 g/mol. The highest BCUT2D eigenvalue weighted by molar-refractivity contribution is 7.47. The van der Waals surface area contributed by atoms with Gasteiger partial charge in [-0.15, -0.1) is 0 Å². The Kier molecular flexibility index (Phi) is 63.4. The van der Waals surface area contributed by atoms with Gasteiger partial charge in [0.2, 0.25) is 0 Å². The zero-order chi connectivity index (χ0) is 68.7. The van der Waals surface area contributed by atoms with Crippen LogP contribution in [0, 0.1) is 17.8 Å². The van der Waals surface area contributed by atoms with Crippen molar-refractivity contribution in [1.29, 1.82) is 0 Å². The second kappa shape index (κ2) is 64.7. The summed E-state index contributed by atoms with van der Waals surface area (Å²) >= 11 is 0.